The van der Waals surface area contributed by atoms with E-state index < -0.39 is 23.2 Å². The Hall–Kier alpha value is 0.423. The molecule has 0 aromatic carbocycles. The molecule has 0 heterocycles. The van der Waals surface area contributed by atoms with Crippen LogP contribution in [0.2, 0.25) is 0 Å². The molecule has 0 saturated carbocycles. The van der Waals surface area contributed by atoms with E-state index in [-0.39, 0.29) is 24.8 Å². The fraction of sp³-hybridized carbons (Fsp3) is 0.600. The predicted octanol–water partition coefficient (Wildman–Crippen LogP) is 7.50. The summed E-state index contributed by atoms with van der Waals surface area (Å²) in [6.45, 7) is 4.58. The second-order valence-corrected chi connectivity index (χ2v) is 10.1. The Morgan fingerprint density at radius 1 is 0.739 bits per heavy atom. The zero-order chi connectivity index (χ0) is 14.9. The van der Waals surface area contributed by atoms with Crippen LogP contribution in [-0.4, -0.2) is 0 Å². The maximum atomic E-state index is 2.55. The smallest absolute Gasteiger partial charge is 0.147 e. The molecular weight excluding hydrogens is 402 g/mol. The van der Waals surface area contributed by atoms with E-state index in [1.807, 2.05) is 0 Å². The molecule has 0 bridgehead atoms. The van der Waals surface area contributed by atoms with Gasteiger partial charge in [0, 0.05) is 0 Å². The molecule has 0 aromatic heterocycles. The van der Waals surface area contributed by atoms with E-state index >= 15 is 0 Å². The van der Waals surface area contributed by atoms with Crippen molar-refractivity contribution in [2.45, 2.75) is 78.1 Å². The summed E-state index contributed by atoms with van der Waals surface area (Å²) in [5.74, 6) is 0. The van der Waals surface area contributed by atoms with Crippen LogP contribution >= 0.6 is 24.8 Å². The van der Waals surface area contributed by atoms with Gasteiger partial charge in [0.25, 0.3) is 0 Å². The van der Waals surface area contributed by atoms with Crippen molar-refractivity contribution < 1.29 is 23.2 Å². The number of allylic oxidation sites excluding steroid dienone is 8. The van der Waals surface area contributed by atoms with Crippen molar-refractivity contribution in [2.75, 3.05) is 0 Å². The Morgan fingerprint density at radius 3 is 1.57 bits per heavy atom. The third kappa shape index (κ3) is 8.90. The van der Waals surface area contributed by atoms with Crippen LogP contribution in [0.3, 0.4) is 0 Å². The number of hydrogen-bond acceptors (Lipinski definition) is 0. The maximum Gasteiger partial charge on any atom is -0.147 e. The summed E-state index contributed by atoms with van der Waals surface area (Å²) in [5.41, 5.74) is 3.27. The first-order valence-corrected chi connectivity index (χ1v) is 11.3. The molecule has 23 heavy (non-hydrogen) atoms. The summed E-state index contributed by atoms with van der Waals surface area (Å²) in [6, 6.07) is 0. The molecule has 3 heteroatoms. The van der Waals surface area contributed by atoms with Crippen LogP contribution < -0.4 is 0 Å². The van der Waals surface area contributed by atoms with Crippen LogP contribution in [0.25, 0.3) is 0 Å². The number of hydrogen-bond donors (Lipinski definition) is 0. The summed E-state index contributed by atoms with van der Waals surface area (Å²) in [4.78, 5) is 0. The Balaban J connectivity index is 0.00000242. The normalized spacial score (nSPS) is 15.9. The second kappa shape index (κ2) is 13.7. The van der Waals surface area contributed by atoms with Crippen molar-refractivity contribution in [3.63, 3.8) is 0 Å². The van der Waals surface area contributed by atoms with E-state index in [9.17, 15) is 0 Å². The van der Waals surface area contributed by atoms with Gasteiger partial charge in [-0.05, 0) is 0 Å². The zero-order valence-corrected chi connectivity index (χ0v) is 18.8. The molecule has 0 spiro atoms. The first kappa shape index (κ1) is 23.4. The minimum Gasteiger partial charge on any atom is -0.147 e. The van der Waals surface area contributed by atoms with Crippen LogP contribution in [0.5, 0.6) is 0 Å². The van der Waals surface area contributed by atoms with Gasteiger partial charge in [-0.1, -0.05) is 0 Å². The fourth-order valence-electron chi connectivity index (χ4n) is 3.05. The summed E-state index contributed by atoms with van der Waals surface area (Å²) >= 11 is -0.440. The van der Waals surface area contributed by atoms with Crippen LogP contribution in [0.1, 0.15) is 78.1 Å². The van der Waals surface area contributed by atoms with Gasteiger partial charge in [0.1, 0.15) is 0 Å². The SMILES string of the molecule is CCCCCC1=CC[C]([Zr][C]2=CC(CCCCC)=CC2)=C1.Cl.Cl. The van der Waals surface area contributed by atoms with Crippen molar-refractivity contribution in [1.82, 2.24) is 0 Å². The molecule has 0 fully saturated rings. The van der Waals surface area contributed by atoms with E-state index in [0.717, 1.165) is 0 Å². The van der Waals surface area contributed by atoms with E-state index in [1.54, 1.807) is 17.7 Å². The summed E-state index contributed by atoms with van der Waals surface area (Å²) in [7, 11) is 0. The van der Waals surface area contributed by atoms with Gasteiger partial charge in [-0.15, -0.1) is 24.8 Å². The summed E-state index contributed by atoms with van der Waals surface area (Å²) in [6.07, 6.45) is 23.5. The molecule has 0 amide bonds. The summed E-state index contributed by atoms with van der Waals surface area (Å²) < 4.78 is 3.61. The monoisotopic (exact) mass is 432 g/mol. The van der Waals surface area contributed by atoms with Crippen LogP contribution in [0.15, 0.2) is 42.0 Å². The molecule has 0 aromatic rings. The van der Waals surface area contributed by atoms with Crippen LogP contribution in [-0.2, 0) is 23.2 Å². The largest absolute Gasteiger partial charge is 0.147 e. The number of unbranched alkanes of at least 4 members (excludes halogenated alkanes) is 4. The van der Waals surface area contributed by atoms with Gasteiger partial charge in [0.15, 0.2) is 0 Å². The van der Waals surface area contributed by atoms with Gasteiger partial charge in [0.05, 0.1) is 0 Å². The quantitative estimate of drug-likeness (QED) is 0.312. The van der Waals surface area contributed by atoms with E-state index in [4.69, 9.17) is 0 Å². The molecule has 0 N–H and O–H groups in total. The number of halogens is 2. The molecule has 2 aliphatic rings. The van der Waals surface area contributed by atoms with Gasteiger partial charge >= 0.3 is 143 Å². The fourth-order valence-corrected chi connectivity index (χ4v) is 6.34. The standard InChI is InChI=1S/2C10H15.2ClH.Zr/c2*1-2-3-4-7-10-8-5-6-9-10;;;/h2*8-9H,2-5,7H2,1H3;2*1H;. The van der Waals surface area contributed by atoms with E-state index in [1.165, 1.54) is 64.2 Å². The Morgan fingerprint density at radius 2 is 1.17 bits per heavy atom. The first-order chi connectivity index (χ1) is 10.3. The Kier molecular flexibility index (Phi) is 13.9. The third-order valence-corrected chi connectivity index (χ3v) is 7.64. The van der Waals surface area contributed by atoms with Crippen molar-refractivity contribution in [3.8, 4) is 0 Å². The van der Waals surface area contributed by atoms with Crippen LogP contribution in [0, 0.1) is 0 Å². The molecule has 0 unspecified atom stereocenters. The van der Waals surface area contributed by atoms with Gasteiger partial charge in [0.2, 0.25) is 0 Å². The van der Waals surface area contributed by atoms with E-state index in [0.29, 0.717) is 0 Å². The molecule has 2 aliphatic carbocycles. The van der Waals surface area contributed by atoms with Gasteiger partial charge in [-0.25, -0.2) is 0 Å². The topological polar surface area (TPSA) is 0 Å². The van der Waals surface area contributed by atoms with Crippen molar-refractivity contribution >= 4 is 24.8 Å². The van der Waals surface area contributed by atoms with Crippen molar-refractivity contribution in [3.05, 3.63) is 42.0 Å². The summed E-state index contributed by atoms with van der Waals surface area (Å²) in [5, 5.41) is 0. The van der Waals surface area contributed by atoms with Gasteiger partial charge in [-0.2, -0.15) is 0 Å². The minimum absolute atomic E-state index is 0. The Labute approximate surface area is 167 Å². The molecule has 0 saturated heterocycles. The zero-order valence-electron chi connectivity index (χ0n) is 14.7. The predicted molar refractivity (Wildman–Crippen MR) is 104 cm³/mol. The Bertz CT molecular complexity index is 416. The number of rotatable bonds is 10. The molecule has 0 atom stereocenters. The first-order valence-electron chi connectivity index (χ1n) is 8.88. The second-order valence-electron chi connectivity index (χ2n) is 6.34. The molecule has 2 rings (SSSR count). The average Bonchev–Trinajstić information content (AvgIpc) is 3.10. The van der Waals surface area contributed by atoms with E-state index in [2.05, 4.69) is 38.2 Å². The van der Waals surface area contributed by atoms with Crippen molar-refractivity contribution in [1.29, 1.82) is 0 Å². The maximum absolute atomic E-state index is 2.55. The van der Waals surface area contributed by atoms with Crippen molar-refractivity contribution in [2.24, 2.45) is 0 Å². The molecule has 130 valence electrons. The minimum atomic E-state index is -0.440. The third-order valence-electron chi connectivity index (χ3n) is 4.35. The van der Waals surface area contributed by atoms with Crippen LogP contribution in [0.4, 0.5) is 0 Å². The molecular formula is C20H32Cl2Zr. The molecule has 0 radical (unpaired) electrons. The molecule has 0 nitrogen and oxygen atoms in total. The molecule has 0 aliphatic heterocycles. The average molecular weight is 435 g/mol. The van der Waals surface area contributed by atoms with Gasteiger partial charge in [-0.3, -0.25) is 0 Å². The van der Waals surface area contributed by atoms with Gasteiger partial charge < -0.3 is 0 Å².